The molecule has 1 aliphatic rings. The minimum Gasteiger partial charge on any atom is -0.366 e. The van der Waals surface area contributed by atoms with E-state index in [-0.39, 0.29) is 5.91 Å². The average molecular weight is 273 g/mol. The van der Waals surface area contributed by atoms with E-state index in [1.165, 1.54) is 0 Å². The van der Waals surface area contributed by atoms with Crippen LogP contribution in [0.5, 0.6) is 0 Å². The van der Waals surface area contributed by atoms with E-state index in [0.717, 1.165) is 42.9 Å². The number of carbonyl (C=O) groups is 1. The molecule has 6 heteroatoms. The van der Waals surface area contributed by atoms with Gasteiger partial charge in [-0.1, -0.05) is 6.92 Å². The summed E-state index contributed by atoms with van der Waals surface area (Å²) in [6.45, 7) is 3.56. The van der Waals surface area contributed by atoms with E-state index in [2.05, 4.69) is 20.3 Å². The summed E-state index contributed by atoms with van der Waals surface area (Å²) < 4.78 is 0. The SMILES string of the molecule is CCC(=O)N1CCC(Nc2cnc3[nH]ccc3n2)CC1. The van der Waals surface area contributed by atoms with Gasteiger partial charge in [-0.15, -0.1) is 0 Å². The lowest BCUT2D eigenvalue weighted by Gasteiger charge is -2.32. The molecule has 1 aliphatic heterocycles. The van der Waals surface area contributed by atoms with E-state index < -0.39 is 0 Å². The average Bonchev–Trinajstić information content (AvgIpc) is 2.95. The van der Waals surface area contributed by atoms with Gasteiger partial charge in [-0.2, -0.15) is 0 Å². The number of hydrogen-bond acceptors (Lipinski definition) is 4. The van der Waals surface area contributed by atoms with Crippen molar-refractivity contribution in [3.63, 3.8) is 0 Å². The summed E-state index contributed by atoms with van der Waals surface area (Å²) in [5.41, 5.74) is 1.67. The second kappa shape index (κ2) is 5.48. The Hall–Kier alpha value is -2.11. The molecule has 0 unspecified atom stereocenters. The van der Waals surface area contributed by atoms with Crippen LogP contribution in [0.15, 0.2) is 18.5 Å². The number of rotatable bonds is 3. The summed E-state index contributed by atoms with van der Waals surface area (Å²) in [4.78, 5) is 25.4. The number of carbonyl (C=O) groups excluding carboxylic acids is 1. The third-order valence-electron chi connectivity index (χ3n) is 3.76. The monoisotopic (exact) mass is 273 g/mol. The number of aromatic nitrogens is 3. The highest BCUT2D eigenvalue weighted by molar-refractivity contribution is 5.76. The van der Waals surface area contributed by atoms with Gasteiger partial charge in [-0.05, 0) is 18.9 Å². The van der Waals surface area contributed by atoms with Gasteiger partial charge < -0.3 is 15.2 Å². The number of hydrogen-bond donors (Lipinski definition) is 2. The number of aromatic amines is 1. The molecule has 106 valence electrons. The van der Waals surface area contributed by atoms with Gasteiger partial charge in [-0.3, -0.25) is 4.79 Å². The highest BCUT2D eigenvalue weighted by atomic mass is 16.2. The Labute approximate surface area is 117 Å². The van der Waals surface area contributed by atoms with Crippen molar-refractivity contribution in [2.45, 2.75) is 32.2 Å². The number of likely N-dealkylation sites (tertiary alicyclic amines) is 1. The summed E-state index contributed by atoms with van der Waals surface area (Å²) in [6, 6.07) is 2.28. The van der Waals surface area contributed by atoms with Crippen LogP contribution in [0.25, 0.3) is 11.2 Å². The van der Waals surface area contributed by atoms with Gasteiger partial charge in [0.25, 0.3) is 0 Å². The maximum absolute atomic E-state index is 11.6. The molecule has 1 amide bonds. The quantitative estimate of drug-likeness (QED) is 0.894. The largest absolute Gasteiger partial charge is 0.366 e. The molecule has 0 aromatic carbocycles. The van der Waals surface area contributed by atoms with Crippen LogP contribution < -0.4 is 5.32 Å². The third kappa shape index (κ3) is 2.59. The van der Waals surface area contributed by atoms with Gasteiger partial charge in [0.1, 0.15) is 11.3 Å². The van der Waals surface area contributed by atoms with Crippen molar-refractivity contribution < 1.29 is 4.79 Å². The van der Waals surface area contributed by atoms with Crippen LogP contribution in [-0.4, -0.2) is 44.9 Å². The highest BCUT2D eigenvalue weighted by Crippen LogP contribution is 2.17. The molecule has 3 heterocycles. The molecule has 0 saturated carbocycles. The number of anilines is 1. The molecule has 2 N–H and O–H groups in total. The number of nitrogens with one attached hydrogen (secondary N) is 2. The Morgan fingerprint density at radius 3 is 3.05 bits per heavy atom. The van der Waals surface area contributed by atoms with Crippen molar-refractivity contribution in [2.24, 2.45) is 0 Å². The van der Waals surface area contributed by atoms with Gasteiger partial charge in [0.15, 0.2) is 5.65 Å². The van der Waals surface area contributed by atoms with Crippen LogP contribution in [0.2, 0.25) is 0 Å². The highest BCUT2D eigenvalue weighted by Gasteiger charge is 2.21. The van der Waals surface area contributed by atoms with Crippen molar-refractivity contribution in [2.75, 3.05) is 18.4 Å². The first kappa shape index (κ1) is 12.9. The molecular formula is C14H19N5O. The smallest absolute Gasteiger partial charge is 0.222 e. The molecule has 0 bridgehead atoms. The molecule has 6 nitrogen and oxygen atoms in total. The fourth-order valence-corrected chi connectivity index (χ4v) is 2.61. The second-order valence-corrected chi connectivity index (χ2v) is 5.12. The molecule has 0 atom stereocenters. The van der Waals surface area contributed by atoms with E-state index in [9.17, 15) is 4.79 Å². The van der Waals surface area contributed by atoms with Crippen molar-refractivity contribution in [3.8, 4) is 0 Å². The van der Waals surface area contributed by atoms with Gasteiger partial charge in [0.2, 0.25) is 5.91 Å². The van der Waals surface area contributed by atoms with Crippen molar-refractivity contribution >= 4 is 22.9 Å². The van der Waals surface area contributed by atoms with Gasteiger partial charge in [0.05, 0.1) is 6.20 Å². The normalized spacial score (nSPS) is 16.6. The number of piperidine rings is 1. The summed E-state index contributed by atoms with van der Waals surface area (Å²) in [7, 11) is 0. The first-order chi connectivity index (χ1) is 9.76. The predicted octanol–water partition coefficient (Wildman–Crippen LogP) is 1.77. The molecule has 1 fully saturated rings. The molecule has 2 aromatic rings. The Morgan fingerprint density at radius 1 is 1.50 bits per heavy atom. The predicted molar refractivity (Wildman–Crippen MR) is 77.4 cm³/mol. The third-order valence-corrected chi connectivity index (χ3v) is 3.76. The van der Waals surface area contributed by atoms with E-state index in [1.807, 2.05) is 24.1 Å². The Bertz CT molecular complexity index is 600. The summed E-state index contributed by atoms with van der Waals surface area (Å²) in [5.74, 6) is 1.05. The Balaban J connectivity index is 1.60. The van der Waals surface area contributed by atoms with E-state index in [0.29, 0.717) is 12.5 Å². The maximum Gasteiger partial charge on any atom is 0.222 e. The molecule has 0 spiro atoms. The Morgan fingerprint density at radius 2 is 2.30 bits per heavy atom. The zero-order chi connectivity index (χ0) is 13.9. The first-order valence-electron chi connectivity index (χ1n) is 7.10. The molecule has 0 aliphatic carbocycles. The number of H-pyrrole nitrogens is 1. The fourth-order valence-electron chi connectivity index (χ4n) is 2.61. The van der Waals surface area contributed by atoms with Crippen LogP contribution in [0.1, 0.15) is 26.2 Å². The van der Waals surface area contributed by atoms with Crippen molar-refractivity contribution in [1.82, 2.24) is 19.9 Å². The lowest BCUT2D eigenvalue weighted by molar-refractivity contribution is -0.131. The number of amides is 1. The van der Waals surface area contributed by atoms with Crippen molar-refractivity contribution in [1.29, 1.82) is 0 Å². The zero-order valence-corrected chi connectivity index (χ0v) is 11.6. The van der Waals surface area contributed by atoms with Crippen LogP contribution in [0.3, 0.4) is 0 Å². The van der Waals surface area contributed by atoms with Gasteiger partial charge >= 0.3 is 0 Å². The fraction of sp³-hybridized carbons (Fsp3) is 0.500. The van der Waals surface area contributed by atoms with Crippen LogP contribution in [0, 0.1) is 0 Å². The molecule has 0 radical (unpaired) electrons. The molecule has 20 heavy (non-hydrogen) atoms. The van der Waals surface area contributed by atoms with E-state index in [1.54, 1.807) is 6.20 Å². The number of nitrogens with zero attached hydrogens (tertiary/aromatic N) is 3. The van der Waals surface area contributed by atoms with Crippen LogP contribution >= 0.6 is 0 Å². The standard InChI is InChI=1S/C14H19N5O/c1-2-13(20)19-7-4-10(5-8-19)17-12-9-16-14-11(18-12)3-6-15-14/h3,6,9-10H,2,4-5,7-8H2,1H3,(H,15,16)(H,17,18). The van der Waals surface area contributed by atoms with Crippen molar-refractivity contribution in [3.05, 3.63) is 18.5 Å². The minimum absolute atomic E-state index is 0.247. The molecule has 1 saturated heterocycles. The number of fused-ring (bicyclic) bond motifs is 1. The molecule has 3 rings (SSSR count). The molecular weight excluding hydrogens is 254 g/mol. The zero-order valence-electron chi connectivity index (χ0n) is 11.6. The topological polar surface area (TPSA) is 73.9 Å². The van der Waals surface area contributed by atoms with Gasteiger partial charge in [-0.25, -0.2) is 9.97 Å². The van der Waals surface area contributed by atoms with E-state index in [4.69, 9.17) is 0 Å². The second-order valence-electron chi connectivity index (χ2n) is 5.12. The summed E-state index contributed by atoms with van der Waals surface area (Å²) >= 11 is 0. The maximum atomic E-state index is 11.6. The van der Waals surface area contributed by atoms with E-state index >= 15 is 0 Å². The van der Waals surface area contributed by atoms with Crippen LogP contribution in [0.4, 0.5) is 5.82 Å². The summed E-state index contributed by atoms with van der Waals surface area (Å²) in [6.07, 6.45) is 6.09. The first-order valence-corrected chi connectivity index (χ1v) is 7.10. The van der Waals surface area contributed by atoms with Gasteiger partial charge in [0, 0.05) is 31.7 Å². The van der Waals surface area contributed by atoms with Crippen LogP contribution in [-0.2, 0) is 4.79 Å². The Kier molecular flexibility index (Phi) is 3.54. The summed E-state index contributed by atoms with van der Waals surface area (Å²) in [5, 5.41) is 3.41. The molecule has 2 aromatic heterocycles. The lowest BCUT2D eigenvalue weighted by Crippen LogP contribution is -2.42. The minimum atomic E-state index is 0.247. The lowest BCUT2D eigenvalue weighted by atomic mass is 10.0.